The quantitative estimate of drug-likeness (QED) is 0.745. The number of aromatic amines is 1. The van der Waals surface area contributed by atoms with Crippen LogP contribution < -0.4 is 5.32 Å². The SMILES string of the molecule is Cn1cnnc1-c1ccccc1NCc1ncc[nH]1. The second kappa shape index (κ2) is 4.93. The minimum atomic E-state index is 0.641. The Bertz CT molecular complexity index is 655. The smallest absolute Gasteiger partial charge is 0.165 e. The van der Waals surface area contributed by atoms with Gasteiger partial charge in [-0.15, -0.1) is 10.2 Å². The van der Waals surface area contributed by atoms with Crippen molar-refractivity contribution in [1.29, 1.82) is 0 Å². The average molecular weight is 254 g/mol. The molecule has 0 aliphatic heterocycles. The molecule has 0 aliphatic carbocycles. The fourth-order valence-electron chi connectivity index (χ4n) is 1.93. The van der Waals surface area contributed by atoms with Crippen molar-refractivity contribution in [3.63, 3.8) is 0 Å². The molecule has 0 aliphatic rings. The van der Waals surface area contributed by atoms with Crippen molar-refractivity contribution in [3.05, 3.63) is 48.8 Å². The third kappa shape index (κ3) is 2.33. The molecule has 6 nitrogen and oxygen atoms in total. The molecule has 0 amide bonds. The van der Waals surface area contributed by atoms with Gasteiger partial charge in [-0.05, 0) is 12.1 Å². The van der Waals surface area contributed by atoms with Crippen molar-refractivity contribution < 1.29 is 0 Å². The maximum atomic E-state index is 4.19. The van der Waals surface area contributed by atoms with Gasteiger partial charge in [0.15, 0.2) is 5.82 Å². The number of aromatic nitrogens is 5. The summed E-state index contributed by atoms with van der Waals surface area (Å²) in [6.07, 6.45) is 5.25. The topological polar surface area (TPSA) is 71.4 Å². The summed E-state index contributed by atoms with van der Waals surface area (Å²) in [6, 6.07) is 8.02. The first-order valence-electron chi connectivity index (χ1n) is 6.00. The van der Waals surface area contributed by atoms with Crippen molar-refractivity contribution >= 4 is 5.69 Å². The minimum absolute atomic E-state index is 0.641. The maximum Gasteiger partial charge on any atom is 0.165 e. The fraction of sp³-hybridized carbons (Fsp3) is 0.154. The molecule has 6 heteroatoms. The molecule has 19 heavy (non-hydrogen) atoms. The van der Waals surface area contributed by atoms with Crippen LogP contribution in [0.5, 0.6) is 0 Å². The number of H-pyrrole nitrogens is 1. The van der Waals surface area contributed by atoms with Gasteiger partial charge in [0.05, 0.1) is 6.54 Å². The zero-order valence-electron chi connectivity index (χ0n) is 10.5. The Morgan fingerprint density at radius 1 is 1.32 bits per heavy atom. The highest BCUT2D eigenvalue weighted by Crippen LogP contribution is 2.25. The summed E-state index contributed by atoms with van der Waals surface area (Å²) in [5, 5.41) is 11.4. The predicted molar refractivity (Wildman–Crippen MR) is 72.4 cm³/mol. The normalized spacial score (nSPS) is 10.6. The first kappa shape index (κ1) is 11.5. The summed E-state index contributed by atoms with van der Waals surface area (Å²) in [7, 11) is 1.93. The highest BCUT2D eigenvalue weighted by atomic mass is 15.2. The van der Waals surface area contributed by atoms with Gasteiger partial charge in [-0.1, -0.05) is 12.1 Å². The Morgan fingerprint density at radius 2 is 2.21 bits per heavy atom. The molecule has 3 rings (SSSR count). The third-order valence-corrected chi connectivity index (χ3v) is 2.88. The van der Waals surface area contributed by atoms with Gasteiger partial charge in [0.1, 0.15) is 12.2 Å². The van der Waals surface area contributed by atoms with E-state index in [2.05, 4.69) is 25.5 Å². The van der Waals surface area contributed by atoms with Crippen molar-refractivity contribution in [2.24, 2.45) is 7.05 Å². The average Bonchev–Trinajstić information content (AvgIpc) is 3.08. The van der Waals surface area contributed by atoms with Crippen LogP contribution >= 0.6 is 0 Å². The number of para-hydroxylation sites is 1. The molecule has 2 N–H and O–H groups in total. The van der Waals surface area contributed by atoms with Crippen LogP contribution in [-0.2, 0) is 13.6 Å². The highest BCUT2D eigenvalue weighted by molar-refractivity contribution is 5.73. The van der Waals surface area contributed by atoms with Crippen LogP contribution in [0.15, 0.2) is 43.0 Å². The summed E-state index contributed by atoms with van der Waals surface area (Å²) in [5.74, 6) is 1.73. The highest BCUT2D eigenvalue weighted by Gasteiger charge is 2.09. The summed E-state index contributed by atoms with van der Waals surface area (Å²) >= 11 is 0. The Hall–Kier alpha value is -2.63. The van der Waals surface area contributed by atoms with Crippen molar-refractivity contribution in [3.8, 4) is 11.4 Å². The summed E-state index contributed by atoms with van der Waals surface area (Å²) < 4.78 is 1.90. The van der Waals surface area contributed by atoms with Gasteiger partial charge in [-0.25, -0.2) is 4.98 Å². The number of rotatable bonds is 4. The lowest BCUT2D eigenvalue weighted by Gasteiger charge is -2.10. The van der Waals surface area contributed by atoms with E-state index in [0.29, 0.717) is 6.54 Å². The zero-order valence-corrected chi connectivity index (χ0v) is 10.5. The summed E-state index contributed by atoms with van der Waals surface area (Å²) in [4.78, 5) is 7.26. The maximum absolute atomic E-state index is 4.19. The second-order valence-electron chi connectivity index (χ2n) is 4.20. The molecule has 0 atom stereocenters. The molecule has 0 unspecified atom stereocenters. The van der Waals surface area contributed by atoms with Gasteiger partial charge in [0.2, 0.25) is 0 Å². The van der Waals surface area contributed by atoms with E-state index in [-0.39, 0.29) is 0 Å². The predicted octanol–water partition coefficient (Wildman–Crippen LogP) is 1.82. The molecule has 3 aromatic rings. The second-order valence-corrected chi connectivity index (χ2v) is 4.20. The van der Waals surface area contributed by atoms with Gasteiger partial charge in [-0.2, -0.15) is 0 Å². The number of benzene rings is 1. The zero-order chi connectivity index (χ0) is 13.1. The lowest BCUT2D eigenvalue weighted by molar-refractivity contribution is 0.919. The Balaban J connectivity index is 1.88. The van der Waals surface area contributed by atoms with Crippen molar-refractivity contribution in [2.75, 3.05) is 5.32 Å². The molecule has 0 saturated heterocycles. The number of hydrogen-bond donors (Lipinski definition) is 2. The fourth-order valence-corrected chi connectivity index (χ4v) is 1.93. The van der Waals surface area contributed by atoms with Crippen LogP contribution in [0, 0.1) is 0 Å². The van der Waals surface area contributed by atoms with Crippen molar-refractivity contribution in [1.82, 2.24) is 24.7 Å². The number of nitrogens with one attached hydrogen (secondary N) is 2. The van der Waals surface area contributed by atoms with Gasteiger partial charge >= 0.3 is 0 Å². The number of hydrogen-bond acceptors (Lipinski definition) is 4. The monoisotopic (exact) mass is 254 g/mol. The van der Waals surface area contributed by atoms with E-state index in [9.17, 15) is 0 Å². The molecule has 0 spiro atoms. The van der Waals surface area contributed by atoms with Gasteiger partial charge in [0.25, 0.3) is 0 Å². The molecule has 2 aromatic heterocycles. The number of aryl methyl sites for hydroxylation is 1. The third-order valence-electron chi connectivity index (χ3n) is 2.88. The van der Waals surface area contributed by atoms with Crippen LogP contribution in [0.3, 0.4) is 0 Å². The van der Waals surface area contributed by atoms with Gasteiger partial charge in [0, 0.05) is 30.7 Å². The Kier molecular flexibility index (Phi) is 2.97. The van der Waals surface area contributed by atoms with Crippen LogP contribution in [0.2, 0.25) is 0 Å². The van der Waals surface area contributed by atoms with E-state index in [1.54, 1.807) is 12.5 Å². The molecule has 0 fully saturated rings. The molecule has 0 bridgehead atoms. The molecule has 96 valence electrons. The van der Waals surface area contributed by atoms with Gasteiger partial charge < -0.3 is 14.9 Å². The van der Waals surface area contributed by atoms with Crippen LogP contribution in [0.4, 0.5) is 5.69 Å². The van der Waals surface area contributed by atoms with E-state index < -0.39 is 0 Å². The summed E-state index contributed by atoms with van der Waals surface area (Å²) in [6.45, 7) is 0.641. The largest absolute Gasteiger partial charge is 0.377 e. The first-order chi connectivity index (χ1) is 9.34. The van der Waals surface area contributed by atoms with E-state index >= 15 is 0 Å². The molecular weight excluding hydrogens is 240 g/mol. The molecule has 2 heterocycles. The van der Waals surface area contributed by atoms with Crippen LogP contribution in [0.1, 0.15) is 5.82 Å². The Labute approximate surface area is 110 Å². The van der Waals surface area contributed by atoms with Gasteiger partial charge in [-0.3, -0.25) is 0 Å². The van der Waals surface area contributed by atoms with Crippen molar-refractivity contribution in [2.45, 2.75) is 6.54 Å². The van der Waals surface area contributed by atoms with E-state index in [1.165, 1.54) is 0 Å². The lowest BCUT2D eigenvalue weighted by atomic mass is 10.1. The number of nitrogens with zero attached hydrogens (tertiary/aromatic N) is 4. The van der Waals surface area contributed by atoms with E-state index in [4.69, 9.17) is 0 Å². The molecule has 1 aromatic carbocycles. The van der Waals surface area contributed by atoms with Crippen LogP contribution in [0.25, 0.3) is 11.4 Å². The molecule has 0 saturated carbocycles. The van der Waals surface area contributed by atoms with E-state index in [0.717, 1.165) is 22.9 Å². The first-order valence-corrected chi connectivity index (χ1v) is 6.00. The van der Waals surface area contributed by atoms with E-state index in [1.807, 2.05) is 42.1 Å². The lowest BCUT2D eigenvalue weighted by Crippen LogP contribution is -2.03. The minimum Gasteiger partial charge on any atom is -0.377 e. The summed E-state index contributed by atoms with van der Waals surface area (Å²) in [5.41, 5.74) is 2.03. The number of imidazole rings is 1. The van der Waals surface area contributed by atoms with Crippen LogP contribution in [-0.4, -0.2) is 24.7 Å². The molecule has 0 radical (unpaired) electrons. The number of anilines is 1. The standard InChI is InChI=1S/C13H14N6/c1-19-9-17-18-13(19)10-4-2-3-5-11(10)16-8-12-14-6-7-15-12/h2-7,9,16H,8H2,1H3,(H,14,15). The molecular formula is C13H14N6. The Morgan fingerprint density at radius 3 is 2.95 bits per heavy atom.